The second-order valence-electron chi connectivity index (χ2n) is 5.26. The molecule has 1 aromatic carbocycles. The summed E-state index contributed by atoms with van der Waals surface area (Å²) in [5.74, 6) is 0.205. The van der Waals surface area contributed by atoms with Crippen molar-refractivity contribution >= 4 is 11.7 Å². The fourth-order valence-electron chi connectivity index (χ4n) is 2.38. The molecule has 1 N–H and O–H groups in total. The first-order chi connectivity index (χ1) is 9.60. The van der Waals surface area contributed by atoms with Crippen molar-refractivity contribution in [2.45, 2.75) is 25.2 Å². The Labute approximate surface area is 116 Å². The van der Waals surface area contributed by atoms with Crippen LogP contribution in [0.2, 0.25) is 0 Å². The summed E-state index contributed by atoms with van der Waals surface area (Å²) in [6.45, 7) is 1.95. The number of benzene rings is 1. The van der Waals surface area contributed by atoms with Crippen LogP contribution >= 0.6 is 0 Å². The summed E-state index contributed by atoms with van der Waals surface area (Å²) < 4.78 is 13.0. The zero-order chi connectivity index (χ0) is 14.2. The number of pyridine rings is 1. The molecule has 1 aliphatic rings. The average Bonchev–Trinajstić information content (AvgIpc) is 3.21. The minimum Gasteiger partial charge on any atom is -0.310 e. The molecular weight excluding hydrogens is 255 g/mol. The van der Waals surface area contributed by atoms with Crippen LogP contribution in [0.15, 0.2) is 42.6 Å². The summed E-state index contributed by atoms with van der Waals surface area (Å²) >= 11 is 0. The zero-order valence-corrected chi connectivity index (χ0v) is 11.2. The molecule has 0 aliphatic heterocycles. The number of nitrogens with one attached hydrogen (secondary N) is 1. The van der Waals surface area contributed by atoms with E-state index in [0.29, 0.717) is 5.82 Å². The van der Waals surface area contributed by atoms with Gasteiger partial charge in [-0.2, -0.15) is 0 Å². The molecule has 0 bridgehead atoms. The Kier molecular flexibility index (Phi) is 3.01. The summed E-state index contributed by atoms with van der Waals surface area (Å²) in [6, 6.07) is 9.87. The third kappa shape index (κ3) is 2.29. The number of nitrogens with zero attached hydrogens (tertiary/aromatic N) is 1. The summed E-state index contributed by atoms with van der Waals surface area (Å²) in [6.07, 6.45) is 3.25. The van der Waals surface area contributed by atoms with Gasteiger partial charge in [0.2, 0.25) is 5.91 Å². The summed E-state index contributed by atoms with van der Waals surface area (Å²) in [4.78, 5) is 16.6. The van der Waals surface area contributed by atoms with E-state index in [0.717, 1.165) is 24.0 Å². The van der Waals surface area contributed by atoms with Crippen molar-refractivity contribution in [3.63, 3.8) is 0 Å². The summed E-state index contributed by atoms with van der Waals surface area (Å²) in [5, 5.41) is 2.85. The van der Waals surface area contributed by atoms with Crippen LogP contribution in [0.1, 0.15) is 24.0 Å². The van der Waals surface area contributed by atoms with Crippen molar-refractivity contribution in [2.24, 2.45) is 0 Å². The molecule has 3 nitrogen and oxygen atoms in total. The van der Waals surface area contributed by atoms with Gasteiger partial charge in [0.25, 0.3) is 0 Å². The molecule has 1 aliphatic carbocycles. The lowest BCUT2D eigenvalue weighted by Crippen LogP contribution is -2.28. The number of rotatable bonds is 3. The van der Waals surface area contributed by atoms with E-state index < -0.39 is 5.41 Å². The quantitative estimate of drug-likeness (QED) is 0.930. The van der Waals surface area contributed by atoms with Gasteiger partial charge in [-0.1, -0.05) is 12.1 Å². The smallest absolute Gasteiger partial charge is 0.236 e. The number of aromatic nitrogens is 1. The van der Waals surface area contributed by atoms with Crippen molar-refractivity contribution < 1.29 is 9.18 Å². The van der Waals surface area contributed by atoms with Gasteiger partial charge in [0.05, 0.1) is 5.41 Å². The Morgan fingerprint density at radius 2 is 1.95 bits per heavy atom. The van der Waals surface area contributed by atoms with E-state index in [-0.39, 0.29) is 11.7 Å². The van der Waals surface area contributed by atoms with Crippen molar-refractivity contribution in [2.75, 3.05) is 5.32 Å². The van der Waals surface area contributed by atoms with Crippen molar-refractivity contribution in [1.29, 1.82) is 0 Å². The molecule has 102 valence electrons. The predicted octanol–water partition coefficient (Wildman–Crippen LogP) is 3.20. The zero-order valence-electron chi connectivity index (χ0n) is 11.2. The van der Waals surface area contributed by atoms with Crippen LogP contribution in [0.3, 0.4) is 0 Å². The number of amides is 1. The lowest BCUT2D eigenvalue weighted by molar-refractivity contribution is -0.118. The third-order valence-corrected chi connectivity index (χ3v) is 3.74. The standard InChI is InChI=1S/C16H15FN2O/c1-11-6-9-18-14(10-11)19-15(20)16(7-8-16)12-2-4-13(17)5-3-12/h2-6,9-10H,7-8H2,1H3,(H,18,19,20). The second-order valence-corrected chi connectivity index (χ2v) is 5.26. The number of carbonyl (C=O) groups excluding carboxylic acids is 1. The van der Waals surface area contributed by atoms with Gasteiger partial charge in [0.15, 0.2) is 0 Å². The molecule has 0 spiro atoms. The average molecular weight is 270 g/mol. The minimum atomic E-state index is -0.515. The van der Waals surface area contributed by atoms with E-state index in [1.165, 1.54) is 12.1 Å². The van der Waals surface area contributed by atoms with E-state index in [1.54, 1.807) is 18.3 Å². The van der Waals surface area contributed by atoms with Gasteiger partial charge in [0, 0.05) is 6.20 Å². The largest absolute Gasteiger partial charge is 0.310 e. The van der Waals surface area contributed by atoms with Crippen LogP contribution in [0.25, 0.3) is 0 Å². The first-order valence-electron chi connectivity index (χ1n) is 6.60. The molecule has 0 unspecified atom stereocenters. The van der Waals surface area contributed by atoms with E-state index in [2.05, 4.69) is 10.3 Å². The molecule has 20 heavy (non-hydrogen) atoms. The molecule has 0 saturated heterocycles. The van der Waals surface area contributed by atoms with Gasteiger partial charge >= 0.3 is 0 Å². The molecule has 3 rings (SSSR count). The molecule has 1 fully saturated rings. The second kappa shape index (κ2) is 4.71. The highest BCUT2D eigenvalue weighted by atomic mass is 19.1. The molecule has 0 atom stereocenters. The van der Waals surface area contributed by atoms with E-state index in [9.17, 15) is 9.18 Å². The van der Waals surface area contributed by atoms with Crippen LogP contribution in [0.4, 0.5) is 10.2 Å². The minimum absolute atomic E-state index is 0.0674. The molecule has 1 aromatic heterocycles. The highest BCUT2D eigenvalue weighted by Gasteiger charge is 2.51. The number of hydrogen-bond donors (Lipinski definition) is 1. The van der Waals surface area contributed by atoms with E-state index in [1.807, 2.05) is 19.1 Å². The van der Waals surface area contributed by atoms with Gasteiger partial charge in [-0.15, -0.1) is 0 Å². The third-order valence-electron chi connectivity index (χ3n) is 3.74. The molecule has 1 heterocycles. The van der Waals surface area contributed by atoms with E-state index >= 15 is 0 Å². The first-order valence-corrected chi connectivity index (χ1v) is 6.60. The van der Waals surface area contributed by atoms with Gasteiger partial charge in [0.1, 0.15) is 11.6 Å². The lowest BCUT2D eigenvalue weighted by Gasteiger charge is -2.15. The van der Waals surface area contributed by atoms with Gasteiger partial charge in [-0.25, -0.2) is 9.37 Å². The number of aryl methyl sites for hydroxylation is 1. The topological polar surface area (TPSA) is 42.0 Å². The summed E-state index contributed by atoms with van der Waals surface area (Å²) in [7, 11) is 0. The first kappa shape index (κ1) is 12.8. The highest BCUT2D eigenvalue weighted by molar-refractivity contribution is 6.00. The fourth-order valence-corrected chi connectivity index (χ4v) is 2.38. The summed E-state index contributed by atoms with van der Waals surface area (Å²) in [5.41, 5.74) is 1.39. The maximum atomic E-state index is 13.0. The van der Waals surface area contributed by atoms with Gasteiger partial charge < -0.3 is 5.32 Å². The normalized spacial score (nSPS) is 15.7. The Hall–Kier alpha value is -2.23. The van der Waals surface area contributed by atoms with Crippen LogP contribution in [-0.4, -0.2) is 10.9 Å². The SMILES string of the molecule is Cc1ccnc(NC(=O)C2(c3ccc(F)cc3)CC2)c1. The number of halogens is 1. The Bertz CT molecular complexity index is 648. The molecular formula is C16H15FN2O. The molecule has 0 radical (unpaired) electrons. The number of anilines is 1. The van der Waals surface area contributed by atoms with Crippen LogP contribution in [0.5, 0.6) is 0 Å². The molecule has 1 saturated carbocycles. The van der Waals surface area contributed by atoms with Crippen molar-refractivity contribution in [1.82, 2.24) is 4.98 Å². The molecule has 2 aromatic rings. The van der Waals surface area contributed by atoms with Crippen LogP contribution < -0.4 is 5.32 Å². The lowest BCUT2D eigenvalue weighted by atomic mass is 9.95. The number of carbonyl (C=O) groups is 1. The van der Waals surface area contributed by atoms with Crippen molar-refractivity contribution in [3.8, 4) is 0 Å². The molecule has 4 heteroatoms. The van der Waals surface area contributed by atoms with E-state index in [4.69, 9.17) is 0 Å². The number of hydrogen-bond acceptors (Lipinski definition) is 2. The van der Waals surface area contributed by atoms with Gasteiger partial charge in [-0.3, -0.25) is 4.79 Å². The van der Waals surface area contributed by atoms with Gasteiger partial charge in [-0.05, 0) is 55.2 Å². The monoisotopic (exact) mass is 270 g/mol. The highest BCUT2D eigenvalue weighted by Crippen LogP contribution is 2.48. The fraction of sp³-hybridized carbons (Fsp3) is 0.250. The Morgan fingerprint density at radius 1 is 1.25 bits per heavy atom. The van der Waals surface area contributed by atoms with Crippen molar-refractivity contribution in [3.05, 3.63) is 59.5 Å². The maximum absolute atomic E-state index is 13.0. The van der Waals surface area contributed by atoms with Crippen LogP contribution in [0, 0.1) is 12.7 Å². The predicted molar refractivity (Wildman–Crippen MR) is 74.9 cm³/mol. The molecule has 1 amide bonds. The van der Waals surface area contributed by atoms with Crippen LogP contribution in [-0.2, 0) is 10.2 Å². The maximum Gasteiger partial charge on any atom is 0.236 e. The Balaban J connectivity index is 1.81. The Morgan fingerprint density at radius 3 is 2.55 bits per heavy atom.